The Morgan fingerprint density at radius 1 is 1.52 bits per heavy atom. The number of benzene rings is 1. The summed E-state index contributed by atoms with van der Waals surface area (Å²) in [4.78, 5) is 10.3. The molecule has 0 atom stereocenters. The summed E-state index contributed by atoms with van der Waals surface area (Å²) < 4.78 is 3.92. The van der Waals surface area contributed by atoms with Crippen LogP contribution in [0.25, 0.3) is 0 Å². The molecule has 0 amide bonds. The third kappa shape index (κ3) is 4.24. The zero-order valence-electron chi connectivity index (χ0n) is 11.3. The fourth-order valence-electron chi connectivity index (χ4n) is 1.82. The molecule has 1 aromatic heterocycles. The number of hydrogen-bond acceptors (Lipinski definition) is 4. The van der Waals surface area contributed by atoms with E-state index in [1.165, 1.54) is 12.1 Å². The Labute approximate surface area is 132 Å². The molecule has 0 saturated carbocycles. The maximum atomic E-state index is 10.8. The lowest BCUT2D eigenvalue weighted by molar-refractivity contribution is -0.693. The normalized spacial score (nSPS) is 10.0. The molecule has 21 heavy (non-hydrogen) atoms. The molecule has 0 bridgehead atoms. The van der Waals surface area contributed by atoms with E-state index < -0.39 is 4.92 Å². The van der Waals surface area contributed by atoms with Gasteiger partial charge in [0.05, 0.1) is 29.2 Å². The Hall–Kier alpha value is -1.99. The summed E-state index contributed by atoms with van der Waals surface area (Å²) in [6.45, 7) is 1.31. The molecule has 1 heterocycles. The van der Waals surface area contributed by atoms with Crippen molar-refractivity contribution >= 4 is 28.7 Å². The second-order valence-electron chi connectivity index (χ2n) is 4.39. The van der Waals surface area contributed by atoms with Crippen LogP contribution in [0.1, 0.15) is 0 Å². The standard InChI is InChI=1S/C12H15ClN5O2.ClH/c1-16-4-5-17(8-16)3-2-15-11-7-12(18(19)20)10(14)6-9(11)13;/h4-8,15H,2-3,14H2,1H3;1H/q+1;/p-1. The monoisotopic (exact) mass is 331 g/mol. The quantitative estimate of drug-likeness (QED) is 0.304. The van der Waals surface area contributed by atoms with E-state index in [-0.39, 0.29) is 23.8 Å². The minimum atomic E-state index is -0.525. The average Bonchev–Trinajstić information content (AvgIpc) is 2.77. The number of nitrogens with one attached hydrogen (secondary N) is 1. The molecular weight excluding hydrogens is 317 g/mol. The van der Waals surface area contributed by atoms with E-state index in [2.05, 4.69) is 5.32 Å². The number of nitro groups is 1. The molecule has 1 aromatic carbocycles. The number of anilines is 2. The highest BCUT2D eigenvalue weighted by molar-refractivity contribution is 6.33. The first-order valence-electron chi connectivity index (χ1n) is 5.95. The third-order valence-corrected chi connectivity index (χ3v) is 3.13. The molecule has 0 aliphatic rings. The molecule has 7 nitrogen and oxygen atoms in total. The van der Waals surface area contributed by atoms with Gasteiger partial charge in [0.25, 0.3) is 5.69 Å². The van der Waals surface area contributed by atoms with Crippen LogP contribution in [0.5, 0.6) is 0 Å². The van der Waals surface area contributed by atoms with E-state index in [4.69, 9.17) is 17.3 Å². The number of nitrogen functional groups attached to an aromatic ring is 1. The van der Waals surface area contributed by atoms with Crippen molar-refractivity contribution in [2.75, 3.05) is 17.6 Å². The van der Waals surface area contributed by atoms with Gasteiger partial charge in [-0.25, -0.2) is 9.13 Å². The zero-order chi connectivity index (χ0) is 14.7. The predicted molar refractivity (Wildman–Crippen MR) is 76.6 cm³/mol. The topological polar surface area (TPSA) is 90.0 Å². The lowest BCUT2D eigenvalue weighted by Crippen LogP contribution is -3.00. The van der Waals surface area contributed by atoms with Crippen LogP contribution >= 0.6 is 11.6 Å². The number of nitro benzene ring substituents is 1. The van der Waals surface area contributed by atoms with Gasteiger partial charge in [0.1, 0.15) is 24.6 Å². The number of aryl methyl sites for hydroxylation is 1. The highest BCUT2D eigenvalue weighted by Gasteiger charge is 2.15. The first-order valence-corrected chi connectivity index (χ1v) is 6.33. The van der Waals surface area contributed by atoms with E-state index in [9.17, 15) is 10.1 Å². The van der Waals surface area contributed by atoms with Gasteiger partial charge in [-0.1, -0.05) is 11.6 Å². The van der Waals surface area contributed by atoms with Gasteiger partial charge in [0.15, 0.2) is 0 Å². The van der Waals surface area contributed by atoms with Crippen LogP contribution in [0, 0.1) is 10.1 Å². The summed E-state index contributed by atoms with van der Waals surface area (Å²) in [5.74, 6) is 0. The SMILES string of the molecule is Cn1cc[n+](CCNc2cc([N+](=O)[O-])c(N)cc2Cl)c1.[Cl-]. The van der Waals surface area contributed by atoms with Crippen molar-refractivity contribution in [1.29, 1.82) is 0 Å². The second-order valence-corrected chi connectivity index (χ2v) is 4.80. The Balaban J connectivity index is 0.00000220. The van der Waals surface area contributed by atoms with Gasteiger partial charge in [-0.2, -0.15) is 0 Å². The van der Waals surface area contributed by atoms with Crippen LogP contribution in [0.3, 0.4) is 0 Å². The zero-order valence-corrected chi connectivity index (χ0v) is 12.8. The number of nitrogens with two attached hydrogens (primary N) is 1. The lowest BCUT2D eigenvalue weighted by atomic mass is 10.2. The highest BCUT2D eigenvalue weighted by Crippen LogP contribution is 2.32. The number of aromatic nitrogens is 2. The van der Waals surface area contributed by atoms with Crippen molar-refractivity contribution in [3.8, 4) is 0 Å². The lowest BCUT2D eigenvalue weighted by Gasteiger charge is -2.08. The first-order chi connectivity index (χ1) is 9.47. The van der Waals surface area contributed by atoms with Crippen LogP contribution in [0.2, 0.25) is 5.02 Å². The largest absolute Gasteiger partial charge is 1.00 e. The number of imidazole rings is 1. The summed E-state index contributed by atoms with van der Waals surface area (Å²) in [5, 5.41) is 14.3. The Kier molecular flexibility index (Phi) is 5.80. The fraction of sp³-hybridized carbons (Fsp3) is 0.250. The van der Waals surface area contributed by atoms with Crippen LogP contribution in [-0.2, 0) is 13.6 Å². The fourth-order valence-corrected chi connectivity index (χ4v) is 2.06. The Bertz CT molecular complexity index is 645. The minimum absolute atomic E-state index is 0. The van der Waals surface area contributed by atoms with Gasteiger partial charge in [0, 0.05) is 6.07 Å². The molecule has 9 heteroatoms. The molecule has 2 aromatic rings. The molecule has 0 fully saturated rings. The number of halogens is 2. The Morgan fingerprint density at radius 3 is 2.81 bits per heavy atom. The summed E-state index contributed by atoms with van der Waals surface area (Å²) >= 11 is 6.02. The summed E-state index contributed by atoms with van der Waals surface area (Å²) in [7, 11) is 1.93. The van der Waals surface area contributed by atoms with Crippen LogP contribution in [0.4, 0.5) is 17.1 Å². The smallest absolute Gasteiger partial charge is 0.294 e. The number of hydrogen-bond donors (Lipinski definition) is 2. The van der Waals surface area contributed by atoms with Crippen molar-refractivity contribution in [2.45, 2.75) is 6.54 Å². The van der Waals surface area contributed by atoms with Crippen LogP contribution in [-0.4, -0.2) is 16.0 Å². The van der Waals surface area contributed by atoms with E-state index in [1.54, 1.807) is 0 Å². The van der Waals surface area contributed by atoms with Gasteiger partial charge in [0.2, 0.25) is 6.33 Å². The van der Waals surface area contributed by atoms with Crippen molar-refractivity contribution in [1.82, 2.24) is 4.57 Å². The van der Waals surface area contributed by atoms with E-state index in [1.807, 2.05) is 34.9 Å². The molecule has 0 radical (unpaired) electrons. The average molecular weight is 332 g/mol. The van der Waals surface area contributed by atoms with E-state index >= 15 is 0 Å². The van der Waals surface area contributed by atoms with Crippen LogP contribution in [0.15, 0.2) is 30.9 Å². The summed E-state index contributed by atoms with van der Waals surface area (Å²) in [6, 6.07) is 2.74. The minimum Gasteiger partial charge on any atom is -1.00 e. The molecule has 2 rings (SSSR count). The molecule has 0 aliphatic heterocycles. The highest BCUT2D eigenvalue weighted by atomic mass is 35.5. The van der Waals surface area contributed by atoms with Gasteiger partial charge in [-0.3, -0.25) is 10.1 Å². The van der Waals surface area contributed by atoms with Crippen molar-refractivity contribution in [2.24, 2.45) is 7.05 Å². The first kappa shape index (κ1) is 17.1. The molecule has 3 N–H and O–H groups in total. The van der Waals surface area contributed by atoms with Crippen molar-refractivity contribution in [3.05, 3.63) is 46.0 Å². The molecule has 114 valence electrons. The summed E-state index contributed by atoms with van der Waals surface area (Å²) in [5.41, 5.74) is 5.97. The number of rotatable bonds is 5. The Morgan fingerprint density at radius 2 is 2.24 bits per heavy atom. The molecule has 0 saturated heterocycles. The molecule has 0 unspecified atom stereocenters. The maximum absolute atomic E-state index is 10.8. The molecule has 0 spiro atoms. The second kappa shape index (κ2) is 7.14. The predicted octanol–water partition coefficient (Wildman–Crippen LogP) is -1.43. The van der Waals surface area contributed by atoms with Gasteiger partial charge < -0.3 is 23.5 Å². The van der Waals surface area contributed by atoms with Crippen molar-refractivity contribution in [3.63, 3.8) is 0 Å². The third-order valence-electron chi connectivity index (χ3n) is 2.82. The van der Waals surface area contributed by atoms with Gasteiger partial charge in [-0.15, -0.1) is 0 Å². The van der Waals surface area contributed by atoms with Gasteiger partial charge in [-0.05, 0) is 6.07 Å². The molecular formula is C12H15Cl2N5O2. The molecule has 0 aliphatic carbocycles. The number of nitrogens with zero attached hydrogens (tertiary/aromatic N) is 3. The van der Waals surface area contributed by atoms with E-state index in [0.717, 1.165) is 6.54 Å². The van der Waals surface area contributed by atoms with E-state index in [0.29, 0.717) is 17.3 Å². The van der Waals surface area contributed by atoms with Crippen molar-refractivity contribution < 1.29 is 21.9 Å². The van der Waals surface area contributed by atoms with Crippen LogP contribution < -0.4 is 28.0 Å². The van der Waals surface area contributed by atoms with Gasteiger partial charge >= 0.3 is 0 Å². The summed E-state index contributed by atoms with van der Waals surface area (Å²) in [6.07, 6.45) is 5.81. The maximum Gasteiger partial charge on any atom is 0.294 e.